The molecule has 0 saturated heterocycles. The summed E-state index contributed by atoms with van der Waals surface area (Å²) in [5.41, 5.74) is -1.83. The topological polar surface area (TPSA) is 32.9 Å². The standard InChI is InChI=1S/C6H3BrF3NO/c7-3-1-2-4(12)11-5(3)6(8,9)10/h1-2H,(H,11,12). The van der Waals surface area contributed by atoms with Gasteiger partial charge in [-0.15, -0.1) is 0 Å². The lowest BCUT2D eigenvalue weighted by atomic mass is 10.3. The molecule has 0 aliphatic carbocycles. The Hall–Kier alpha value is -0.780. The van der Waals surface area contributed by atoms with Crippen LogP contribution >= 0.6 is 15.9 Å². The Morgan fingerprint density at radius 1 is 1.33 bits per heavy atom. The van der Waals surface area contributed by atoms with E-state index in [1.54, 1.807) is 4.98 Å². The molecule has 1 aromatic heterocycles. The van der Waals surface area contributed by atoms with E-state index in [0.717, 1.165) is 12.1 Å². The first-order chi connectivity index (χ1) is 5.41. The number of rotatable bonds is 0. The minimum Gasteiger partial charge on any atom is -0.317 e. The maximum atomic E-state index is 12.0. The van der Waals surface area contributed by atoms with E-state index < -0.39 is 17.4 Å². The number of nitrogens with one attached hydrogen (secondary N) is 1. The molecule has 2 nitrogen and oxygen atoms in total. The normalized spacial score (nSPS) is 11.7. The molecule has 0 aliphatic heterocycles. The molecule has 6 heteroatoms. The van der Waals surface area contributed by atoms with Crippen molar-refractivity contribution in [3.63, 3.8) is 0 Å². The Labute approximate surface area is 73.5 Å². The van der Waals surface area contributed by atoms with E-state index in [-0.39, 0.29) is 4.47 Å². The average molecular weight is 242 g/mol. The lowest BCUT2D eigenvalue weighted by Gasteiger charge is -2.06. The highest BCUT2D eigenvalue weighted by molar-refractivity contribution is 9.10. The summed E-state index contributed by atoms with van der Waals surface area (Å²) in [6, 6.07) is 2.07. The second kappa shape index (κ2) is 2.93. The molecule has 0 radical (unpaired) electrons. The van der Waals surface area contributed by atoms with E-state index in [1.807, 2.05) is 0 Å². The van der Waals surface area contributed by atoms with Crippen LogP contribution in [0.1, 0.15) is 5.69 Å². The van der Waals surface area contributed by atoms with Crippen molar-refractivity contribution < 1.29 is 13.2 Å². The highest BCUT2D eigenvalue weighted by Crippen LogP contribution is 2.31. The van der Waals surface area contributed by atoms with E-state index in [4.69, 9.17) is 0 Å². The van der Waals surface area contributed by atoms with E-state index in [1.165, 1.54) is 0 Å². The van der Waals surface area contributed by atoms with Crippen molar-refractivity contribution in [3.8, 4) is 0 Å². The molecule has 0 aromatic carbocycles. The third-order valence-electron chi connectivity index (χ3n) is 1.15. The van der Waals surface area contributed by atoms with Gasteiger partial charge in [0.05, 0.1) is 0 Å². The first-order valence-corrected chi connectivity index (χ1v) is 3.66. The number of pyridine rings is 1. The fourth-order valence-corrected chi connectivity index (χ4v) is 1.12. The minimum atomic E-state index is -4.53. The van der Waals surface area contributed by atoms with E-state index >= 15 is 0 Å². The van der Waals surface area contributed by atoms with Crippen LogP contribution in [0.3, 0.4) is 0 Å². The minimum absolute atomic E-state index is 0.172. The summed E-state index contributed by atoms with van der Waals surface area (Å²) >= 11 is 2.68. The fourth-order valence-electron chi connectivity index (χ4n) is 0.663. The van der Waals surface area contributed by atoms with E-state index in [0.29, 0.717) is 0 Å². The molecule has 1 heterocycles. The van der Waals surface area contributed by atoms with Gasteiger partial charge in [0.1, 0.15) is 5.69 Å². The summed E-state index contributed by atoms with van der Waals surface area (Å²) in [5.74, 6) is 0. The Morgan fingerprint density at radius 3 is 2.33 bits per heavy atom. The third-order valence-corrected chi connectivity index (χ3v) is 1.81. The molecule has 0 fully saturated rings. The highest BCUT2D eigenvalue weighted by Gasteiger charge is 2.34. The maximum absolute atomic E-state index is 12.0. The predicted molar refractivity (Wildman–Crippen MR) is 39.8 cm³/mol. The van der Waals surface area contributed by atoms with E-state index in [2.05, 4.69) is 15.9 Å². The molecular formula is C6H3BrF3NO. The molecule has 1 rings (SSSR count). The van der Waals surface area contributed by atoms with Crippen LogP contribution in [0.25, 0.3) is 0 Å². The molecule has 0 bridgehead atoms. The monoisotopic (exact) mass is 241 g/mol. The maximum Gasteiger partial charge on any atom is 0.432 e. The van der Waals surface area contributed by atoms with Crippen molar-refractivity contribution in [3.05, 3.63) is 32.7 Å². The summed E-state index contributed by atoms with van der Waals surface area (Å²) in [4.78, 5) is 12.2. The summed E-state index contributed by atoms with van der Waals surface area (Å²) < 4.78 is 35.9. The van der Waals surface area contributed by atoms with Crippen LogP contribution in [0.4, 0.5) is 13.2 Å². The number of alkyl halides is 3. The molecule has 12 heavy (non-hydrogen) atoms. The predicted octanol–water partition coefficient (Wildman–Crippen LogP) is 2.16. The Morgan fingerprint density at radius 2 is 1.92 bits per heavy atom. The molecule has 0 spiro atoms. The van der Waals surface area contributed by atoms with E-state index in [9.17, 15) is 18.0 Å². The van der Waals surface area contributed by atoms with Crippen molar-refractivity contribution in [1.29, 1.82) is 0 Å². The lowest BCUT2D eigenvalue weighted by molar-refractivity contribution is -0.141. The Balaban J connectivity index is 3.33. The average Bonchev–Trinajstić information content (AvgIpc) is 1.92. The van der Waals surface area contributed by atoms with Gasteiger partial charge in [-0.2, -0.15) is 13.2 Å². The molecule has 0 atom stereocenters. The molecule has 0 aliphatic rings. The third kappa shape index (κ3) is 1.88. The van der Waals surface area contributed by atoms with Crippen LogP contribution in [0, 0.1) is 0 Å². The van der Waals surface area contributed by atoms with Crippen molar-refractivity contribution >= 4 is 15.9 Å². The van der Waals surface area contributed by atoms with Gasteiger partial charge >= 0.3 is 6.18 Å². The van der Waals surface area contributed by atoms with Crippen LogP contribution < -0.4 is 5.56 Å². The first kappa shape index (κ1) is 9.31. The van der Waals surface area contributed by atoms with Gasteiger partial charge in [0, 0.05) is 10.5 Å². The highest BCUT2D eigenvalue weighted by atomic mass is 79.9. The SMILES string of the molecule is O=c1ccc(Br)c(C(F)(F)F)[nH]1. The van der Waals surface area contributed by atoms with Gasteiger partial charge in [0.2, 0.25) is 5.56 Å². The zero-order chi connectivity index (χ0) is 9.35. The van der Waals surface area contributed by atoms with Crippen LogP contribution in [0.15, 0.2) is 21.4 Å². The van der Waals surface area contributed by atoms with Gasteiger partial charge < -0.3 is 4.98 Å². The smallest absolute Gasteiger partial charge is 0.317 e. The second-order valence-corrected chi connectivity index (χ2v) is 2.90. The van der Waals surface area contributed by atoms with Crippen LogP contribution in [0.2, 0.25) is 0 Å². The van der Waals surface area contributed by atoms with Crippen molar-refractivity contribution in [2.24, 2.45) is 0 Å². The number of aromatic amines is 1. The van der Waals surface area contributed by atoms with Crippen molar-refractivity contribution in [1.82, 2.24) is 4.98 Å². The van der Waals surface area contributed by atoms with Crippen LogP contribution in [0.5, 0.6) is 0 Å². The van der Waals surface area contributed by atoms with Gasteiger partial charge in [-0.05, 0) is 22.0 Å². The summed E-state index contributed by atoms with van der Waals surface area (Å²) in [5, 5.41) is 0. The Kier molecular flexibility index (Phi) is 2.27. The van der Waals surface area contributed by atoms with Gasteiger partial charge in [-0.3, -0.25) is 4.79 Å². The summed E-state index contributed by atoms with van der Waals surface area (Å²) in [7, 11) is 0. The number of halogens is 4. The summed E-state index contributed by atoms with van der Waals surface area (Å²) in [6.07, 6.45) is -4.53. The second-order valence-electron chi connectivity index (χ2n) is 2.04. The number of hydrogen-bond donors (Lipinski definition) is 1. The zero-order valence-electron chi connectivity index (χ0n) is 5.57. The van der Waals surface area contributed by atoms with Crippen molar-refractivity contribution in [2.75, 3.05) is 0 Å². The number of hydrogen-bond acceptors (Lipinski definition) is 1. The lowest BCUT2D eigenvalue weighted by Crippen LogP contribution is -2.15. The molecule has 0 saturated carbocycles. The molecule has 66 valence electrons. The first-order valence-electron chi connectivity index (χ1n) is 2.87. The fraction of sp³-hybridized carbons (Fsp3) is 0.167. The Bertz CT molecular complexity index is 343. The molecule has 0 unspecified atom stereocenters. The van der Waals surface area contributed by atoms with Crippen LogP contribution in [-0.2, 0) is 6.18 Å². The molecule has 0 amide bonds. The van der Waals surface area contributed by atoms with Gasteiger partial charge in [0.15, 0.2) is 0 Å². The number of H-pyrrole nitrogens is 1. The van der Waals surface area contributed by atoms with Gasteiger partial charge in [-0.1, -0.05) is 0 Å². The molecule has 1 aromatic rings. The zero-order valence-corrected chi connectivity index (χ0v) is 7.16. The number of aromatic nitrogens is 1. The van der Waals surface area contributed by atoms with Crippen LogP contribution in [-0.4, -0.2) is 4.98 Å². The van der Waals surface area contributed by atoms with Gasteiger partial charge in [-0.25, -0.2) is 0 Å². The van der Waals surface area contributed by atoms with Gasteiger partial charge in [0.25, 0.3) is 0 Å². The summed E-state index contributed by atoms with van der Waals surface area (Å²) in [6.45, 7) is 0. The molecular weight excluding hydrogens is 239 g/mol. The quantitative estimate of drug-likeness (QED) is 0.742. The van der Waals surface area contributed by atoms with Crippen molar-refractivity contribution in [2.45, 2.75) is 6.18 Å². The largest absolute Gasteiger partial charge is 0.432 e. The molecule has 1 N–H and O–H groups in total.